The van der Waals surface area contributed by atoms with Crippen LogP contribution in [0.5, 0.6) is 0 Å². The molecular formula is C26H18N4O2. The molecule has 5 aromatic rings. The van der Waals surface area contributed by atoms with Gasteiger partial charge in [0.15, 0.2) is 17.1 Å². The molecule has 0 radical (unpaired) electrons. The van der Waals surface area contributed by atoms with Gasteiger partial charge in [0.25, 0.3) is 0 Å². The van der Waals surface area contributed by atoms with E-state index in [4.69, 9.17) is 4.98 Å². The molecule has 0 unspecified atom stereocenters. The van der Waals surface area contributed by atoms with Crippen molar-refractivity contribution in [2.75, 3.05) is 0 Å². The molecule has 3 aromatic carbocycles. The molecule has 1 aliphatic rings. The van der Waals surface area contributed by atoms with E-state index in [0.29, 0.717) is 34.8 Å². The molecule has 32 heavy (non-hydrogen) atoms. The summed E-state index contributed by atoms with van der Waals surface area (Å²) < 4.78 is 1.95. The molecule has 0 atom stereocenters. The van der Waals surface area contributed by atoms with E-state index in [0.717, 1.165) is 21.8 Å². The van der Waals surface area contributed by atoms with Crippen LogP contribution in [-0.2, 0) is 6.54 Å². The SMILES string of the molecule is CCn1c(C=CC2=C(O)c3cc4ccccc4cc3C2=O)nc2nc3ccccc3nc21. The summed E-state index contributed by atoms with van der Waals surface area (Å²) in [5, 5.41) is 12.7. The lowest BCUT2D eigenvalue weighted by atomic mass is 10.0. The maximum atomic E-state index is 13.0. The highest BCUT2D eigenvalue weighted by Crippen LogP contribution is 2.35. The molecule has 0 saturated heterocycles. The van der Waals surface area contributed by atoms with Crippen LogP contribution >= 0.6 is 0 Å². The minimum absolute atomic E-state index is 0.00634. The van der Waals surface area contributed by atoms with Crippen LogP contribution in [0.3, 0.4) is 0 Å². The van der Waals surface area contributed by atoms with E-state index in [1.165, 1.54) is 0 Å². The van der Waals surface area contributed by atoms with Crippen LogP contribution in [0.4, 0.5) is 0 Å². The summed E-state index contributed by atoms with van der Waals surface area (Å²) in [6.45, 7) is 2.65. The zero-order chi connectivity index (χ0) is 21.8. The first-order valence-electron chi connectivity index (χ1n) is 10.5. The Balaban J connectivity index is 1.45. The zero-order valence-electron chi connectivity index (χ0n) is 17.3. The van der Waals surface area contributed by atoms with Crippen LogP contribution in [0.2, 0.25) is 0 Å². The standard InChI is InChI=1S/C26H18N4O2/c1-2-30-22(29-25-26(30)28-21-10-6-5-9-20(21)27-25)12-11-17-23(31)18-13-15-7-3-4-8-16(15)14-19(18)24(17)32/h3-14,31H,2H2,1H3. The Bertz CT molecular complexity index is 1640. The number of Topliss-reactive ketones (excluding diaryl/α,β-unsaturated/α-hetero) is 1. The topological polar surface area (TPSA) is 80.9 Å². The van der Waals surface area contributed by atoms with E-state index < -0.39 is 0 Å². The molecule has 1 aliphatic carbocycles. The Morgan fingerprint density at radius 2 is 1.53 bits per heavy atom. The van der Waals surface area contributed by atoms with E-state index in [1.54, 1.807) is 12.2 Å². The third kappa shape index (κ3) is 2.66. The molecule has 6 heteroatoms. The Kier molecular flexibility index (Phi) is 3.95. The Labute approximate surface area is 183 Å². The highest BCUT2D eigenvalue weighted by atomic mass is 16.3. The maximum Gasteiger partial charge on any atom is 0.198 e. The Morgan fingerprint density at radius 3 is 2.25 bits per heavy atom. The summed E-state index contributed by atoms with van der Waals surface area (Å²) in [6, 6.07) is 19.2. The second-order valence-corrected chi connectivity index (χ2v) is 7.74. The number of rotatable bonds is 3. The normalized spacial score (nSPS) is 13.8. The number of carbonyl (C=O) groups is 1. The lowest BCUT2D eigenvalue weighted by molar-refractivity contribution is 0.104. The van der Waals surface area contributed by atoms with Gasteiger partial charge in [-0.1, -0.05) is 36.4 Å². The quantitative estimate of drug-likeness (QED) is 0.428. The lowest BCUT2D eigenvalue weighted by Crippen LogP contribution is -2.00. The average Bonchev–Trinajstić information content (AvgIpc) is 3.28. The molecule has 2 heterocycles. The number of hydrogen-bond donors (Lipinski definition) is 1. The van der Waals surface area contributed by atoms with Crippen molar-refractivity contribution in [2.45, 2.75) is 13.5 Å². The fraction of sp³-hybridized carbons (Fsp3) is 0.0769. The van der Waals surface area contributed by atoms with Crippen LogP contribution in [0.1, 0.15) is 28.7 Å². The van der Waals surface area contributed by atoms with Gasteiger partial charge in [0.05, 0.1) is 16.6 Å². The van der Waals surface area contributed by atoms with Crippen molar-refractivity contribution in [2.24, 2.45) is 0 Å². The van der Waals surface area contributed by atoms with Crippen molar-refractivity contribution in [3.05, 3.63) is 89.3 Å². The summed E-state index contributed by atoms with van der Waals surface area (Å²) in [5.41, 5.74) is 4.17. The third-order valence-corrected chi connectivity index (χ3v) is 5.89. The number of benzene rings is 3. The minimum atomic E-state index is -0.194. The summed E-state index contributed by atoms with van der Waals surface area (Å²) in [5.74, 6) is 0.431. The zero-order valence-corrected chi connectivity index (χ0v) is 17.3. The molecule has 154 valence electrons. The van der Waals surface area contributed by atoms with Gasteiger partial charge < -0.3 is 9.67 Å². The van der Waals surface area contributed by atoms with Crippen LogP contribution in [0.15, 0.2) is 72.3 Å². The lowest BCUT2D eigenvalue weighted by Gasteiger charge is -2.02. The molecule has 0 saturated carbocycles. The van der Waals surface area contributed by atoms with Gasteiger partial charge in [0.1, 0.15) is 11.6 Å². The summed E-state index contributed by atoms with van der Waals surface area (Å²) in [6.07, 6.45) is 3.38. The molecule has 0 amide bonds. The molecule has 6 rings (SSSR count). The van der Waals surface area contributed by atoms with E-state index in [2.05, 4.69) is 9.97 Å². The van der Waals surface area contributed by atoms with Crippen molar-refractivity contribution in [1.82, 2.24) is 19.5 Å². The number of imidazole rings is 1. The molecule has 0 aliphatic heterocycles. The van der Waals surface area contributed by atoms with Crippen LogP contribution in [0, 0.1) is 0 Å². The molecule has 1 N–H and O–H groups in total. The van der Waals surface area contributed by atoms with Crippen molar-refractivity contribution >= 4 is 50.7 Å². The van der Waals surface area contributed by atoms with Gasteiger partial charge in [-0.25, -0.2) is 15.0 Å². The maximum absolute atomic E-state index is 13.0. The first-order valence-corrected chi connectivity index (χ1v) is 10.5. The van der Waals surface area contributed by atoms with E-state index in [9.17, 15) is 9.90 Å². The minimum Gasteiger partial charge on any atom is -0.507 e. The predicted molar refractivity (Wildman–Crippen MR) is 125 cm³/mol. The van der Waals surface area contributed by atoms with Crippen LogP contribution < -0.4 is 0 Å². The van der Waals surface area contributed by atoms with Crippen LogP contribution in [-0.4, -0.2) is 30.4 Å². The third-order valence-electron chi connectivity index (χ3n) is 5.89. The summed E-state index contributed by atoms with van der Waals surface area (Å²) in [4.78, 5) is 27.0. The number of aryl methyl sites for hydroxylation is 1. The summed E-state index contributed by atoms with van der Waals surface area (Å²) >= 11 is 0. The highest BCUT2D eigenvalue weighted by Gasteiger charge is 2.28. The number of carbonyl (C=O) groups excluding carboxylic acids is 1. The predicted octanol–water partition coefficient (Wildman–Crippen LogP) is 5.33. The van der Waals surface area contributed by atoms with Gasteiger partial charge in [0.2, 0.25) is 0 Å². The van der Waals surface area contributed by atoms with Gasteiger partial charge in [-0.05, 0) is 54.1 Å². The second-order valence-electron chi connectivity index (χ2n) is 7.74. The van der Waals surface area contributed by atoms with Gasteiger partial charge in [-0.15, -0.1) is 0 Å². The summed E-state index contributed by atoms with van der Waals surface area (Å²) in [7, 11) is 0. The number of hydrogen-bond acceptors (Lipinski definition) is 5. The molecule has 0 fully saturated rings. The van der Waals surface area contributed by atoms with Crippen LogP contribution in [0.25, 0.3) is 44.9 Å². The highest BCUT2D eigenvalue weighted by molar-refractivity contribution is 6.23. The first-order chi connectivity index (χ1) is 15.6. The van der Waals surface area contributed by atoms with Crippen molar-refractivity contribution in [3.63, 3.8) is 0 Å². The average molecular weight is 418 g/mol. The van der Waals surface area contributed by atoms with Gasteiger partial charge in [-0.2, -0.15) is 0 Å². The first kappa shape index (κ1) is 18.4. The molecule has 6 nitrogen and oxygen atoms in total. The second kappa shape index (κ2) is 6.85. The number of aromatic nitrogens is 4. The Hall–Kier alpha value is -4.32. The smallest absolute Gasteiger partial charge is 0.198 e. The largest absolute Gasteiger partial charge is 0.507 e. The number of fused-ring (bicyclic) bond motifs is 4. The number of ketones is 1. The number of aliphatic hydroxyl groups is 1. The fourth-order valence-corrected chi connectivity index (χ4v) is 4.29. The number of para-hydroxylation sites is 2. The number of allylic oxidation sites excluding steroid dienone is 2. The number of aliphatic hydroxyl groups excluding tert-OH is 1. The van der Waals surface area contributed by atoms with Crippen molar-refractivity contribution < 1.29 is 9.90 Å². The van der Waals surface area contributed by atoms with E-state index in [-0.39, 0.29) is 17.1 Å². The van der Waals surface area contributed by atoms with Gasteiger partial charge >= 0.3 is 0 Å². The molecule has 0 bridgehead atoms. The monoisotopic (exact) mass is 418 g/mol. The molecule has 2 aromatic heterocycles. The molecule has 0 spiro atoms. The van der Waals surface area contributed by atoms with Crippen molar-refractivity contribution in [3.8, 4) is 0 Å². The Morgan fingerprint density at radius 1 is 0.875 bits per heavy atom. The number of nitrogens with zero attached hydrogens (tertiary/aromatic N) is 4. The van der Waals surface area contributed by atoms with E-state index in [1.807, 2.05) is 72.2 Å². The van der Waals surface area contributed by atoms with E-state index >= 15 is 0 Å². The molecular weight excluding hydrogens is 400 g/mol. The van der Waals surface area contributed by atoms with Crippen molar-refractivity contribution in [1.29, 1.82) is 0 Å². The fourth-order valence-electron chi connectivity index (χ4n) is 4.29. The van der Waals surface area contributed by atoms with Gasteiger partial charge in [-0.3, -0.25) is 4.79 Å². The van der Waals surface area contributed by atoms with Gasteiger partial charge in [0, 0.05) is 17.7 Å².